The van der Waals surface area contributed by atoms with Crippen LogP contribution >= 0.6 is 0 Å². The number of nitrogens with zero attached hydrogens (tertiary/aromatic N) is 5. The molecular weight excluding hydrogens is 540 g/mol. The van der Waals surface area contributed by atoms with Gasteiger partial charge in [-0.2, -0.15) is 4.98 Å². The minimum atomic E-state index is -0.853. The number of alkyl halides is 1. The van der Waals surface area contributed by atoms with Crippen LogP contribution in [0.4, 0.5) is 14.6 Å². The first-order chi connectivity index (χ1) is 20.4. The number of halogens is 2. The van der Waals surface area contributed by atoms with E-state index in [2.05, 4.69) is 20.7 Å². The topological polar surface area (TPSA) is 83.8 Å². The molecule has 3 aliphatic heterocycles. The third kappa shape index (κ3) is 4.39. The van der Waals surface area contributed by atoms with Crippen molar-refractivity contribution in [2.45, 2.75) is 43.4 Å². The zero-order valence-corrected chi connectivity index (χ0v) is 23.3. The van der Waals surface area contributed by atoms with Crippen molar-refractivity contribution in [1.82, 2.24) is 19.9 Å². The summed E-state index contributed by atoms with van der Waals surface area (Å²) >= 11 is 0. The fraction of sp³-hybridized carbons (Fsp3) is 0.406. The van der Waals surface area contributed by atoms with Crippen molar-refractivity contribution >= 4 is 27.5 Å². The Morgan fingerprint density at radius 1 is 1.21 bits per heavy atom. The first-order valence-electron chi connectivity index (χ1n) is 14.3. The number of terminal acetylenes is 1. The fourth-order valence-corrected chi connectivity index (χ4v) is 6.92. The van der Waals surface area contributed by atoms with Crippen LogP contribution in [0.5, 0.6) is 11.8 Å². The van der Waals surface area contributed by atoms with Gasteiger partial charge in [0.1, 0.15) is 30.2 Å². The summed E-state index contributed by atoms with van der Waals surface area (Å²) in [5.74, 6) is 2.62. The number of hydrogen-bond acceptors (Lipinski definition) is 8. The van der Waals surface area contributed by atoms with Crippen LogP contribution < -0.4 is 9.64 Å². The molecule has 216 valence electrons. The third-order valence-corrected chi connectivity index (χ3v) is 9.01. The number of aromatic hydroxyl groups is 1. The second kappa shape index (κ2) is 10.3. The predicted molar refractivity (Wildman–Crippen MR) is 156 cm³/mol. The fourth-order valence-electron chi connectivity index (χ4n) is 6.92. The van der Waals surface area contributed by atoms with Crippen LogP contribution in [0.15, 0.2) is 36.5 Å². The van der Waals surface area contributed by atoms with E-state index < -0.39 is 12.0 Å². The molecule has 3 atom stereocenters. The molecule has 2 aromatic heterocycles. The zero-order valence-electron chi connectivity index (χ0n) is 23.3. The Morgan fingerprint density at radius 3 is 2.88 bits per heavy atom. The summed E-state index contributed by atoms with van der Waals surface area (Å²) in [7, 11) is 1.67. The van der Waals surface area contributed by atoms with Gasteiger partial charge in [-0.25, -0.2) is 18.7 Å². The van der Waals surface area contributed by atoms with Crippen LogP contribution in [0.2, 0.25) is 0 Å². The molecule has 5 heterocycles. The maximum absolute atomic E-state index is 14.8. The van der Waals surface area contributed by atoms with E-state index in [-0.39, 0.29) is 28.9 Å². The summed E-state index contributed by atoms with van der Waals surface area (Å²) in [6.45, 7) is 2.93. The molecule has 3 fully saturated rings. The summed E-state index contributed by atoms with van der Waals surface area (Å²) in [4.78, 5) is 18.6. The molecule has 4 aromatic rings. The highest BCUT2D eigenvalue weighted by atomic mass is 19.1. The molecular formula is C32H31F2N5O3. The lowest BCUT2D eigenvalue weighted by Gasteiger charge is -2.42. The summed E-state index contributed by atoms with van der Waals surface area (Å²) in [5.41, 5.74) is 1.32. The van der Waals surface area contributed by atoms with Crippen molar-refractivity contribution in [1.29, 1.82) is 0 Å². The van der Waals surface area contributed by atoms with Crippen molar-refractivity contribution in [2.24, 2.45) is 0 Å². The van der Waals surface area contributed by atoms with Gasteiger partial charge in [0.25, 0.3) is 0 Å². The number of phenolic OH excluding ortho intramolecular Hbond substituents is 1. The Morgan fingerprint density at radius 2 is 2.10 bits per heavy atom. The normalized spacial score (nSPS) is 23.7. The average molecular weight is 572 g/mol. The highest BCUT2D eigenvalue weighted by molar-refractivity contribution is 6.03. The van der Waals surface area contributed by atoms with Crippen molar-refractivity contribution in [2.75, 3.05) is 44.9 Å². The predicted octanol–water partition coefficient (Wildman–Crippen LogP) is 4.85. The number of rotatable bonds is 7. The quantitative estimate of drug-likeness (QED) is 0.315. The van der Waals surface area contributed by atoms with Crippen molar-refractivity contribution < 1.29 is 23.4 Å². The lowest BCUT2D eigenvalue weighted by molar-refractivity contribution is 0.107. The molecule has 0 bridgehead atoms. The Balaban J connectivity index is 1.35. The van der Waals surface area contributed by atoms with Crippen molar-refractivity contribution in [3.63, 3.8) is 0 Å². The van der Waals surface area contributed by atoms with Crippen LogP contribution in [0.25, 0.3) is 32.9 Å². The Bertz CT molecular complexity index is 1740. The summed E-state index contributed by atoms with van der Waals surface area (Å²) in [6, 6.07) is 8.09. The molecule has 3 saturated heterocycles. The van der Waals surface area contributed by atoms with Gasteiger partial charge in [0.05, 0.1) is 40.3 Å². The molecule has 0 spiro atoms. The van der Waals surface area contributed by atoms with E-state index >= 15 is 0 Å². The van der Waals surface area contributed by atoms with Gasteiger partial charge >= 0.3 is 6.01 Å². The lowest BCUT2D eigenvalue weighted by Crippen LogP contribution is -2.50. The van der Waals surface area contributed by atoms with Crippen molar-refractivity contribution in [3.8, 4) is 35.4 Å². The standard InChI is InChI=1S/C32H31F2N5O3/c1-3-23-26(34)6-5-19-11-22(40)12-24(29(19)23)27-13-28-25(30(36-27)39-10-7-21(39)17-41-2)15-35-31(37-28)42-18-32-8-4-9-38(32)16-20(33)14-32/h1,5-6,11-13,15,20-21,40H,4,7-10,14,16-18H2,2H3/t20-,21+,32+/m1/s1. The molecule has 3 aliphatic rings. The van der Waals surface area contributed by atoms with Gasteiger partial charge in [-0.3, -0.25) is 4.90 Å². The average Bonchev–Trinajstić information content (AvgIpc) is 3.49. The van der Waals surface area contributed by atoms with Crippen LogP contribution in [0, 0.1) is 18.2 Å². The number of fused-ring (bicyclic) bond motifs is 3. The SMILES string of the molecule is C#Cc1c(F)ccc2cc(O)cc(-c3cc4nc(OC[C@@]56CCCN5C[C@H](F)C6)ncc4c(N4CC[C@H]4COC)n3)c12. The molecule has 8 nitrogen and oxygen atoms in total. The van der Waals surface area contributed by atoms with Gasteiger partial charge in [-0.1, -0.05) is 12.0 Å². The van der Waals surface area contributed by atoms with Crippen LogP contribution in [0.1, 0.15) is 31.2 Å². The Labute approximate surface area is 242 Å². The van der Waals surface area contributed by atoms with Crippen molar-refractivity contribution in [3.05, 3.63) is 47.9 Å². The number of benzene rings is 2. The monoisotopic (exact) mass is 571 g/mol. The maximum Gasteiger partial charge on any atom is 0.316 e. The van der Waals surface area contributed by atoms with E-state index in [9.17, 15) is 13.9 Å². The van der Waals surface area contributed by atoms with Gasteiger partial charge in [0.15, 0.2) is 0 Å². The molecule has 0 saturated carbocycles. The van der Waals surface area contributed by atoms with Gasteiger partial charge in [-0.15, -0.1) is 6.42 Å². The van der Waals surface area contributed by atoms with E-state index in [1.54, 1.807) is 37.6 Å². The largest absolute Gasteiger partial charge is 0.508 e. The Hall–Kier alpha value is -4.07. The molecule has 1 N–H and O–H groups in total. The zero-order chi connectivity index (χ0) is 29.0. The second-order valence-corrected chi connectivity index (χ2v) is 11.5. The van der Waals surface area contributed by atoms with E-state index in [0.717, 1.165) is 37.7 Å². The number of hydrogen-bond donors (Lipinski definition) is 1. The third-order valence-electron chi connectivity index (χ3n) is 9.01. The molecule has 2 aromatic carbocycles. The first-order valence-corrected chi connectivity index (χ1v) is 14.3. The number of methoxy groups -OCH3 is 1. The number of ether oxygens (including phenoxy) is 2. The Kier molecular flexibility index (Phi) is 6.59. The van der Waals surface area contributed by atoms with Crippen LogP contribution in [-0.4, -0.2) is 82.7 Å². The van der Waals surface area contributed by atoms with E-state index in [1.165, 1.54) is 6.07 Å². The molecule has 0 amide bonds. The first kappa shape index (κ1) is 26.8. The second-order valence-electron chi connectivity index (χ2n) is 11.5. The molecule has 10 heteroatoms. The van der Waals surface area contributed by atoms with Crippen LogP contribution in [0.3, 0.4) is 0 Å². The molecule has 0 radical (unpaired) electrons. The highest BCUT2D eigenvalue weighted by Crippen LogP contribution is 2.41. The number of anilines is 1. The maximum atomic E-state index is 14.8. The van der Waals surface area contributed by atoms with Crippen LogP contribution in [-0.2, 0) is 4.74 Å². The number of pyridine rings is 1. The molecule has 0 unspecified atom stereocenters. The van der Waals surface area contributed by atoms with Gasteiger partial charge in [0, 0.05) is 43.8 Å². The molecule has 42 heavy (non-hydrogen) atoms. The van der Waals surface area contributed by atoms with Gasteiger partial charge < -0.3 is 19.5 Å². The minimum Gasteiger partial charge on any atom is -0.508 e. The van der Waals surface area contributed by atoms with E-state index in [0.29, 0.717) is 59.5 Å². The van der Waals surface area contributed by atoms with E-state index in [4.69, 9.17) is 25.9 Å². The van der Waals surface area contributed by atoms with Gasteiger partial charge in [0.2, 0.25) is 0 Å². The summed E-state index contributed by atoms with van der Waals surface area (Å²) in [5, 5.41) is 12.4. The number of phenols is 1. The lowest BCUT2D eigenvalue weighted by atomic mass is 9.95. The summed E-state index contributed by atoms with van der Waals surface area (Å²) in [6.07, 6.45) is 9.89. The highest BCUT2D eigenvalue weighted by Gasteiger charge is 2.49. The summed E-state index contributed by atoms with van der Waals surface area (Å²) < 4.78 is 40.7. The van der Waals surface area contributed by atoms with E-state index in [1.807, 2.05) is 0 Å². The molecule has 7 rings (SSSR count). The number of aromatic nitrogens is 3. The minimum absolute atomic E-state index is 0.00607. The smallest absolute Gasteiger partial charge is 0.316 e. The van der Waals surface area contributed by atoms with Gasteiger partial charge in [-0.05, 0) is 55.5 Å². The molecule has 0 aliphatic carbocycles.